The molecule has 0 heterocycles. The topological polar surface area (TPSA) is 70.9 Å². The van der Waals surface area contributed by atoms with Crippen molar-refractivity contribution < 1.29 is 14.6 Å². The average Bonchev–Trinajstić information content (AvgIpc) is 2.69. The number of aryl methyl sites for hydroxylation is 1. The van der Waals surface area contributed by atoms with Crippen LogP contribution >= 0.6 is 0 Å². The molecule has 0 fully saturated rings. The predicted octanol–water partition coefficient (Wildman–Crippen LogP) is 4.04. The smallest absolute Gasteiger partial charge is 0.271 e. The number of carbonyl (C=O) groups excluding carboxylic acids is 1. The van der Waals surface area contributed by atoms with Crippen LogP contribution in [0.1, 0.15) is 27.0 Å². The number of phenols is 1. The molecule has 0 atom stereocenters. The Morgan fingerprint density at radius 1 is 1.04 bits per heavy atom. The highest BCUT2D eigenvalue weighted by atomic mass is 16.5. The van der Waals surface area contributed by atoms with Crippen LogP contribution in [0.2, 0.25) is 0 Å². The number of hydrazone groups is 1. The molecule has 3 rings (SSSR count). The van der Waals surface area contributed by atoms with Crippen molar-refractivity contribution in [2.45, 2.75) is 13.5 Å². The lowest BCUT2D eigenvalue weighted by Crippen LogP contribution is -2.17. The minimum absolute atomic E-state index is 0.106. The van der Waals surface area contributed by atoms with Crippen molar-refractivity contribution in [1.82, 2.24) is 5.43 Å². The maximum atomic E-state index is 12.0. The fraction of sp³-hybridized carbons (Fsp3) is 0.0909. The highest BCUT2D eigenvalue weighted by Crippen LogP contribution is 2.18. The van der Waals surface area contributed by atoms with E-state index in [0.717, 1.165) is 11.1 Å². The highest BCUT2D eigenvalue weighted by molar-refractivity contribution is 5.95. The minimum Gasteiger partial charge on any atom is -0.508 e. The van der Waals surface area contributed by atoms with Crippen molar-refractivity contribution in [2.24, 2.45) is 5.10 Å². The molecule has 0 aliphatic heterocycles. The molecule has 0 saturated carbocycles. The summed E-state index contributed by atoms with van der Waals surface area (Å²) in [6.45, 7) is 2.49. The first-order valence-corrected chi connectivity index (χ1v) is 8.51. The lowest BCUT2D eigenvalue weighted by atomic mass is 10.1. The molecule has 0 unspecified atom stereocenters. The van der Waals surface area contributed by atoms with Crippen LogP contribution < -0.4 is 10.2 Å². The van der Waals surface area contributed by atoms with E-state index in [9.17, 15) is 9.90 Å². The standard InChI is InChI=1S/C22H20N2O3/c1-16-6-8-17(9-7-16)15-27-21-5-3-2-4-19(21)14-23-24-22(26)18-10-12-20(25)13-11-18/h2-14,25H,15H2,1H3,(H,24,26)/b23-14-. The summed E-state index contributed by atoms with van der Waals surface area (Å²) >= 11 is 0. The molecule has 27 heavy (non-hydrogen) atoms. The van der Waals surface area contributed by atoms with Gasteiger partial charge in [0, 0.05) is 11.1 Å². The summed E-state index contributed by atoms with van der Waals surface area (Å²) in [5, 5.41) is 13.3. The highest BCUT2D eigenvalue weighted by Gasteiger charge is 2.05. The van der Waals surface area contributed by atoms with Crippen molar-refractivity contribution >= 4 is 12.1 Å². The van der Waals surface area contributed by atoms with Crippen molar-refractivity contribution in [1.29, 1.82) is 0 Å². The summed E-state index contributed by atoms with van der Waals surface area (Å²) < 4.78 is 5.89. The Hall–Kier alpha value is -3.60. The summed E-state index contributed by atoms with van der Waals surface area (Å²) in [6, 6.07) is 21.6. The maximum absolute atomic E-state index is 12.0. The van der Waals surface area contributed by atoms with E-state index in [1.54, 1.807) is 6.21 Å². The number of amides is 1. The second-order valence-electron chi connectivity index (χ2n) is 6.06. The summed E-state index contributed by atoms with van der Waals surface area (Å²) in [4.78, 5) is 12.0. The zero-order valence-corrected chi connectivity index (χ0v) is 14.9. The Morgan fingerprint density at radius 2 is 1.74 bits per heavy atom. The van der Waals surface area contributed by atoms with E-state index in [2.05, 4.69) is 10.5 Å². The summed E-state index contributed by atoms with van der Waals surface area (Å²) in [5.74, 6) is 0.430. The molecular formula is C22H20N2O3. The predicted molar refractivity (Wildman–Crippen MR) is 105 cm³/mol. The third-order valence-electron chi connectivity index (χ3n) is 3.93. The van der Waals surface area contributed by atoms with Crippen molar-refractivity contribution in [3.8, 4) is 11.5 Å². The van der Waals surface area contributed by atoms with Crippen LogP contribution in [0.15, 0.2) is 77.9 Å². The zero-order valence-electron chi connectivity index (χ0n) is 14.9. The molecule has 0 spiro atoms. The Kier molecular flexibility index (Phi) is 5.84. The van der Waals surface area contributed by atoms with Crippen molar-refractivity contribution in [3.05, 3.63) is 95.1 Å². The number of ether oxygens (including phenoxy) is 1. The number of nitrogens with one attached hydrogen (secondary N) is 1. The molecule has 136 valence electrons. The summed E-state index contributed by atoms with van der Waals surface area (Å²) in [5.41, 5.74) is 5.92. The lowest BCUT2D eigenvalue weighted by Gasteiger charge is -2.09. The fourth-order valence-electron chi connectivity index (χ4n) is 2.40. The van der Waals surface area contributed by atoms with Crippen LogP contribution in [0.3, 0.4) is 0 Å². The number of hydrogen-bond donors (Lipinski definition) is 2. The van der Waals surface area contributed by atoms with Crippen molar-refractivity contribution in [2.75, 3.05) is 0 Å². The Labute approximate surface area is 157 Å². The van der Waals surface area contributed by atoms with E-state index in [1.165, 1.54) is 29.8 Å². The quantitative estimate of drug-likeness (QED) is 0.515. The number of phenolic OH excluding ortho intramolecular Hbond substituents is 1. The molecule has 0 aromatic heterocycles. The summed E-state index contributed by atoms with van der Waals surface area (Å²) in [6.07, 6.45) is 1.54. The van der Waals surface area contributed by atoms with Gasteiger partial charge in [-0.05, 0) is 48.9 Å². The van der Waals surface area contributed by atoms with Gasteiger partial charge in [0.25, 0.3) is 5.91 Å². The van der Waals surface area contributed by atoms with Crippen LogP contribution in [0.4, 0.5) is 0 Å². The number of carbonyl (C=O) groups is 1. The molecule has 5 nitrogen and oxygen atoms in total. The first kappa shape index (κ1) is 18.2. The third kappa shape index (κ3) is 5.19. The molecular weight excluding hydrogens is 340 g/mol. The molecule has 3 aromatic rings. The van der Waals surface area contributed by atoms with Gasteiger partial charge >= 0.3 is 0 Å². The molecule has 0 aliphatic carbocycles. The monoisotopic (exact) mass is 360 g/mol. The molecule has 5 heteroatoms. The van der Waals surface area contributed by atoms with Gasteiger partial charge in [0.15, 0.2) is 0 Å². The van der Waals surface area contributed by atoms with Crippen LogP contribution in [-0.4, -0.2) is 17.2 Å². The van der Waals surface area contributed by atoms with Crippen LogP contribution in [-0.2, 0) is 6.61 Å². The fourth-order valence-corrected chi connectivity index (χ4v) is 2.40. The first-order chi connectivity index (χ1) is 13.1. The van der Waals surface area contributed by atoms with Gasteiger partial charge in [0.1, 0.15) is 18.1 Å². The zero-order chi connectivity index (χ0) is 19.1. The number of hydrogen-bond acceptors (Lipinski definition) is 4. The Morgan fingerprint density at radius 3 is 2.48 bits per heavy atom. The average molecular weight is 360 g/mol. The Bertz CT molecular complexity index is 933. The van der Waals surface area contributed by atoms with Gasteiger partial charge in [-0.25, -0.2) is 5.43 Å². The molecule has 0 aliphatic rings. The van der Waals surface area contributed by atoms with Crippen LogP contribution in [0.5, 0.6) is 11.5 Å². The number of benzene rings is 3. The number of para-hydroxylation sites is 1. The third-order valence-corrected chi connectivity index (χ3v) is 3.93. The lowest BCUT2D eigenvalue weighted by molar-refractivity contribution is 0.0955. The maximum Gasteiger partial charge on any atom is 0.271 e. The molecule has 2 N–H and O–H groups in total. The normalized spacial score (nSPS) is 10.7. The van der Waals surface area contributed by atoms with Crippen LogP contribution in [0, 0.1) is 6.92 Å². The SMILES string of the molecule is Cc1ccc(COc2ccccc2/C=N\NC(=O)c2ccc(O)cc2)cc1. The second kappa shape index (κ2) is 8.67. The van der Waals surface area contributed by atoms with E-state index >= 15 is 0 Å². The van der Waals surface area contributed by atoms with Gasteiger partial charge in [-0.2, -0.15) is 5.10 Å². The van der Waals surface area contributed by atoms with Gasteiger partial charge in [0.2, 0.25) is 0 Å². The van der Waals surface area contributed by atoms with Crippen LogP contribution in [0.25, 0.3) is 0 Å². The first-order valence-electron chi connectivity index (χ1n) is 8.51. The molecule has 0 radical (unpaired) electrons. The molecule has 0 saturated heterocycles. The number of aromatic hydroxyl groups is 1. The second-order valence-corrected chi connectivity index (χ2v) is 6.06. The van der Waals surface area contributed by atoms with Crippen molar-refractivity contribution in [3.63, 3.8) is 0 Å². The minimum atomic E-state index is -0.357. The van der Waals surface area contributed by atoms with Gasteiger partial charge in [0.05, 0.1) is 6.21 Å². The Balaban J connectivity index is 1.62. The van der Waals surface area contributed by atoms with E-state index in [-0.39, 0.29) is 11.7 Å². The molecule has 0 bridgehead atoms. The van der Waals surface area contributed by atoms with E-state index in [4.69, 9.17) is 4.74 Å². The molecule has 1 amide bonds. The molecule has 3 aromatic carbocycles. The van der Waals surface area contributed by atoms with E-state index in [1.807, 2.05) is 55.5 Å². The van der Waals surface area contributed by atoms with Gasteiger partial charge in [-0.3, -0.25) is 4.79 Å². The largest absolute Gasteiger partial charge is 0.508 e. The number of rotatable bonds is 6. The van der Waals surface area contributed by atoms with E-state index < -0.39 is 0 Å². The van der Waals surface area contributed by atoms with Gasteiger partial charge in [-0.15, -0.1) is 0 Å². The van der Waals surface area contributed by atoms with Gasteiger partial charge in [-0.1, -0.05) is 42.0 Å². The summed E-state index contributed by atoms with van der Waals surface area (Å²) in [7, 11) is 0. The number of nitrogens with zero attached hydrogens (tertiary/aromatic N) is 1. The van der Waals surface area contributed by atoms with Gasteiger partial charge < -0.3 is 9.84 Å². The van der Waals surface area contributed by atoms with E-state index in [0.29, 0.717) is 17.9 Å².